The quantitative estimate of drug-likeness (QED) is 0.184. The molecule has 194 valence electrons. The predicted octanol–water partition coefficient (Wildman–Crippen LogP) is 8.50. The molecule has 4 aromatic carbocycles. The molecule has 39 heavy (non-hydrogen) atoms. The fraction of sp³-hybridized carbons (Fsp3) is 0.0645. The van der Waals surface area contributed by atoms with Gasteiger partial charge in [-0.1, -0.05) is 84.4 Å². The molecule has 0 aliphatic rings. The molecular weight excluding hydrogens is 546 g/mol. The number of rotatable bonds is 8. The van der Waals surface area contributed by atoms with Crippen LogP contribution in [0.5, 0.6) is 0 Å². The molecule has 0 aliphatic heterocycles. The standard InChI is InChI=1S/C31H24ClN3O2S2/c1-20-10-5-6-15-24(20)29(36)33-22-13-9-14-23(18-22)39-28(21-11-3-2-4-12-21)30(37)35-31-34-27(19-38-31)25-16-7-8-17-26(25)32/h2-19,28H,1H3,(H,33,36)(H,34,35,37). The largest absolute Gasteiger partial charge is 0.322 e. The number of nitrogens with one attached hydrogen (secondary N) is 2. The Hall–Kier alpha value is -3.91. The van der Waals surface area contributed by atoms with E-state index in [0.29, 0.717) is 27.1 Å². The summed E-state index contributed by atoms with van der Waals surface area (Å²) in [5.41, 5.74) is 4.57. The summed E-state index contributed by atoms with van der Waals surface area (Å²) in [5.74, 6) is -0.369. The van der Waals surface area contributed by atoms with Gasteiger partial charge in [-0.25, -0.2) is 4.98 Å². The maximum Gasteiger partial charge on any atom is 0.255 e. The molecule has 8 heteroatoms. The number of carbonyl (C=O) groups excluding carboxylic acids is 2. The van der Waals surface area contributed by atoms with Crippen LogP contribution in [0.4, 0.5) is 10.8 Å². The Labute approximate surface area is 240 Å². The summed E-state index contributed by atoms with van der Waals surface area (Å²) in [6, 6.07) is 32.0. The first-order valence-electron chi connectivity index (χ1n) is 12.2. The number of carbonyl (C=O) groups is 2. The molecule has 0 aliphatic carbocycles. The van der Waals surface area contributed by atoms with Crippen LogP contribution < -0.4 is 10.6 Å². The summed E-state index contributed by atoms with van der Waals surface area (Å²) in [7, 11) is 0. The molecular formula is C31H24ClN3O2S2. The van der Waals surface area contributed by atoms with Crippen LogP contribution in [0.25, 0.3) is 11.3 Å². The lowest BCUT2D eigenvalue weighted by molar-refractivity contribution is -0.115. The molecule has 0 spiro atoms. The number of amides is 2. The fourth-order valence-electron chi connectivity index (χ4n) is 4.00. The van der Waals surface area contributed by atoms with E-state index < -0.39 is 5.25 Å². The van der Waals surface area contributed by atoms with Crippen LogP contribution in [0.3, 0.4) is 0 Å². The molecule has 0 saturated heterocycles. The van der Waals surface area contributed by atoms with E-state index in [1.165, 1.54) is 23.1 Å². The lowest BCUT2D eigenvalue weighted by atomic mass is 10.1. The Morgan fingerprint density at radius 2 is 1.62 bits per heavy atom. The topological polar surface area (TPSA) is 71.1 Å². The first-order chi connectivity index (χ1) is 19.0. The number of anilines is 2. The van der Waals surface area contributed by atoms with Gasteiger partial charge in [-0.05, 0) is 48.4 Å². The number of thioether (sulfide) groups is 1. The fourth-order valence-corrected chi connectivity index (χ4v) is 6.03. The van der Waals surface area contributed by atoms with Gasteiger partial charge in [0.15, 0.2) is 5.13 Å². The van der Waals surface area contributed by atoms with E-state index in [-0.39, 0.29) is 11.8 Å². The van der Waals surface area contributed by atoms with Crippen molar-refractivity contribution >= 4 is 57.3 Å². The van der Waals surface area contributed by atoms with Gasteiger partial charge in [0.25, 0.3) is 5.91 Å². The average molecular weight is 570 g/mol. The van der Waals surface area contributed by atoms with Gasteiger partial charge in [-0.2, -0.15) is 0 Å². The second-order valence-corrected chi connectivity index (χ2v) is 11.2. The maximum atomic E-state index is 13.6. The van der Waals surface area contributed by atoms with Crippen LogP contribution in [-0.2, 0) is 4.79 Å². The Morgan fingerprint density at radius 1 is 0.872 bits per heavy atom. The summed E-state index contributed by atoms with van der Waals surface area (Å²) >= 11 is 9.09. The van der Waals surface area contributed by atoms with Gasteiger partial charge in [0, 0.05) is 32.1 Å². The molecule has 0 fully saturated rings. The summed E-state index contributed by atoms with van der Waals surface area (Å²) in [5, 5.41) is 8.39. The van der Waals surface area contributed by atoms with E-state index in [9.17, 15) is 9.59 Å². The SMILES string of the molecule is Cc1ccccc1C(=O)Nc1cccc(SC(C(=O)Nc2nc(-c3ccccc3Cl)cs2)c2ccccc2)c1. The van der Waals surface area contributed by atoms with E-state index in [2.05, 4.69) is 15.6 Å². The van der Waals surface area contributed by atoms with Gasteiger partial charge in [-0.15, -0.1) is 23.1 Å². The molecule has 5 nitrogen and oxygen atoms in total. The number of halogens is 1. The van der Waals surface area contributed by atoms with Crippen molar-refractivity contribution in [3.05, 3.63) is 130 Å². The van der Waals surface area contributed by atoms with Crippen molar-refractivity contribution in [1.29, 1.82) is 0 Å². The van der Waals surface area contributed by atoms with Crippen LogP contribution >= 0.6 is 34.7 Å². The molecule has 1 unspecified atom stereocenters. The van der Waals surface area contributed by atoms with E-state index in [0.717, 1.165) is 21.6 Å². The van der Waals surface area contributed by atoms with E-state index in [1.54, 1.807) is 6.07 Å². The minimum absolute atomic E-state index is 0.175. The predicted molar refractivity (Wildman–Crippen MR) is 162 cm³/mol. The minimum Gasteiger partial charge on any atom is -0.322 e. The highest BCUT2D eigenvalue weighted by Crippen LogP contribution is 2.38. The molecule has 1 atom stereocenters. The molecule has 2 N–H and O–H groups in total. The maximum absolute atomic E-state index is 13.6. The first kappa shape index (κ1) is 26.7. The lowest BCUT2D eigenvalue weighted by Crippen LogP contribution is -2.19. The third-order valence-electron chi connectivity index (χ3n) is 5.96. The zero-order valence-corrected chi connectivity index (χ0v) is 23.3. The molecule has 2 amide bonds. The zero-order valence-electron chi connectivity index (χ0n) is 20.9. The third kappa shape index (κ3) is 6.57. The van der Waals surface area contributed by atoms with Crippen LogP contribution in [0, 0.1) is 6.92 Å². The van der Waals surface area contributed by atoms with Crippen molar-refractivity contribution in [3.8, 4) is 11.3 Å². The third-order valence-corrected chi connectivity index (χ3v) is 8.30. The van der Waals surface area contributed by atoms with Gasteiger partial charge < -0.3 is 10.6 Å². The average Bonchev–Trinajstić information content (AvgIpc) is 3.41. The molecule has 5 rings (SSSR count). The molecule has 1 heterocycles. The van der Waals surface area contributed by atoms with Crippen molar-refractivity contribution in [2.24, 2.45) is 0 Å². The molecule has 5 aromatic rings. The summed E-state index contributed by atoms with van der Waals surface area (Å²) in [4.78, 5) is 31.8. The number of nitrogens with zero attached hydrogens (tertiary/aromatic N) is 1. The van der Waals surface area contributed by atoms with E-state index in [4.69, 9.17) is 11.6 Å². The van der Waals surface area contributed by atoms with Crippen molar-refractivity contribution < 1.29 is 9.59 Å². The van der Waals surface area contributed by atoms with Gasteiger partial charge >= 0.3 is 0 Å². The number of aromatic nitrogens is 1. The minimum atomic E-state index is -0.541. The second kappa shape index (κ2) is 12.3. The molecule has 0 saturated carbocycles. The van der Waals surface area contributed by atoms with E-state index >= 15 is 0 Å². The van der Waals surface area contributed by atoms with Crippen molar-refractivity contribution in [2.45, 2.75) is 17.1 Å². The Morgan fingerprint density at radius 3 is 2.41 bits per heavy atom. The number of aryl methyl sites for hydroxylation is 1. The zero-order chi connectivity index (χ0) is 27.2. The van der Waals surface area contributed by atoms with Crippen molar-refractivity contribution in [1.82, 2.24) is 4.98 Å². The Kier molecular flexibility index (Phi) is 8.42. The van der Waals surface area contributed by atoms with Crippen LogP contribution in [-0.4, -0.2) is 16.8 Å². The molecule has 0 radical (unpaired) electrons. The van der Waals surface area contributed by atoms with Crippen LogP contribution in [0.1, 0.15) is 26.7 Å². The number of thiazole rings is 1. The Bertz CT molecular complexity index is 1620. The summed E-state index contributed by atoms with van der Waals surface area (Å²) < 4.78 is 0. The van der Waals surface area contributed by atoms with Crippen LogP contribution in [0.2, 0.25) is 5.02 Å². The van der Waals surface area contributed by atoms with Crippen molar-refractivity contribution in [3.63, 3.8) is 0 Å². The number of hydrogen-bond donors (Lipinski definition) is 2. The highest BCUT2D eigenvalue weighted by molar-refractivity contribution is 8.00. The van der Waals surface area contributed by atoms with Crippen LogP contribution in [0.15, 0.2) is 113 Å². The number of benzene rings is 4. The summed E-state index contributed by atoms with van der Waals surface area (Å²) in [6.07, 6.45) is 0. The van der Waals surface area contributed by atoms with Gasteiger partial charge in [0.2, 0.25) is 5.91 Å². The monoisotopic (exact) mass is 569 g/mol. The normalized spacial score (nSPS) is 11.5. The van der Waals surface area contributed by atoms with Gasteiger partial charge in [0.05, 0.1) is 5.69 Å². The second-order valence-electron chi connectivity index (χ2n) is 8.71. The number of hydrogen-bond acceptors (Lipinski definition) is 5. The highest BCUT2D eigenvalue weighted by atomic mass is 35.5. The molecule has 1 aromatic heterocycles. The smallest absolute Gasteiger partial charge is 0.255 e. The highest BCUT2D eigenvalue weighted by Gasteiger charge is 2.24. The van der Waals surface area contributed by atoms with E-state index in [1.807, 2.05) is 109 Å². The summed E-state index contributed by atoms with van der Waals surface area (Å²) in [6.45, 7) is 1.91. The van der Waals surface area contributed by atoms with Crippen molar-refractivity contribution in [2.75, 3.05) is 10.6 Å². The van der Waals surface area contributed by atoms with Gasteiger partial charge in [-0.3, -0.25) is 9.59 Å². The first-order valence-corrected chi connectivity index (χ1v) is 14.3. The Balaban J connectivity index is 1.35. The molecule has 0 bridgehead atoms. The van der Waals surface area contributed by atoms with Gasteiger partial charge in [0.1, 0.15) is 5.25 Å². The lowest BCUT2D eigenvalue weighted by Gasteiger charge is -2.17.